The minimum absolute atomic E-state index is 0.166. The average Bonchev–Trinajstić information content (AvgIpc) is 3.59. The quantitative estimate of drug-likeness (QED) is 0.239. The van der Waals surface area contributed by atoms with Crippen LogP contribution in [-0.2, 0) is 4.74 Å². The van der Waals surface area contributed by atoms with Crippen molar-refractivity contribution in [3.63, 3.8) is 0 Å². The Hall–Kier alpha value is -4.40. The first-order chi connectivity index (χ1) is 18.5. The minimum Gasteiger partial charge on any atom is -0.465 e. The molecule has 188 valence electrons. The van der Waals surface area contributed by atoms with Gasteiger partial charge in [0.1, 0.15) is 10.6 Å². The van der Waals surface area contributed by atoms with Crippen LogP contribution in [0, 0.1) is 0 Å². The maximum atomic E-state index is 13.7. The topological polar surface area (TPSA) is 86.8 Å². The maximum absolute atomic E-state index is 13.7. The number of halogens is 1. The SMILES string of the molecule is COC(=O)c1c(-c2ccc(Cl)cc2)csc1NC(=O)c1cc(-c2ccc3c(c2)OCO3)nc2ccccc12. The number of nitrogens with one attached hydrogen (secondary N) is 1. The molecular formula is C29H19ClN2O5S. The van der Waals surface area contributed by atoms with Crippen molar-refractivity contribution in [2.75, 3.05) is 19.2 Å². The highest BCUT2D eigenvalue weighted by molar-refractivity contribution is 7.15. The van der Waals surface area contributed by atoms with Gasteiger partial charge in [-0.15, -0.1) is 11.3 Å². The monoisotopic (exact) mass is 542 g/mol. The fourth-order valence-electron chi connectivity index (χ4n) is 4.33. The fraction of sp³-hybridized carbons (Fsp3) is 0.0690. The third-order valence-electron chi connectivity index (χ3n) is 6.19. The van der Waals surface area contributed by atoms with Gasteiger partial charge in [-0.1, -0.05) is 41.9 Å². The third kappa shape index (κ3) is 4.34. The van der Waals surface area contributed by atoms with E-state index in [1.165, 1.54) is 18.4 Å². The van der Waals surface area contributed by atoms with Gasteiger partial charge in [0, 0.05) is 26.9 Å². The van der Waals surface area contributed by atoms with Crippen molar-refractivity contribution in [1.29, 1.82) is 0 Å². The van der Waals surface area contributed by atoms with Gasteiger partial charge in [0.15, 0.2) is 11.5 Å². The van der Waals surface area contributed by atoms with Crippen LogP contribution in [0.4, 0.5) is 5.00 Å². The molecule has 9 heteroatoms. The minimum atomic E-state index is -0.549. The second-order valence-electron chi connectivity index (χ2n) is 8.45. The molecule has 3 heterocycles. The van der Waals surface area contributed by atoms with Gasteiger partial charge in [-0.25, -0.2) is 9.78 Å². The van der Waals surface area contributed by atoms with Crippen molar-refractivity contribution >= 4 is 50.7 Å². The van der Waals surface area contributed by atoms with Crippen molar-refractivity contribution < 1.29 is 23.8 Å². The summed E-state index contributed by atoms with van der Waals surface area (Å²) in [7, 11) is 1.31. The highest BCUT2D eigenvalue weighted by atomic mass is 35.5. The van der Waals surface area contributed by atoms with Crippen LogP contribution in [0.25, 0.3) is 33.3 Å². The van der Waals surface area contributed by atoms with Crippen molar-refractivity contribution in [1.82, 2.24) is 4.98 Å². The molecule has 0 radical (unpaired) electrons. The molecule has 3 aromatic carbocycles. The predicted molar refractivity (Wildman–Crippen MR) is 147 cm³/mol. The molecule has 38 heavy (non-hydrogen) atoms. The Bertz CT molecular complexity index is 1710. The molecule has 1 aliphatic rings. The fourth-order valence-corrected chi connectivity index (χ4v) is 5.41. The molecule has 1 N–H and O–H groups in total. The Morgan fingerprint density at radius 2 is 1.74 bits per heavy atom. The summed E-state index contributed by atoms with van der Waals surface area (Å²) in [5.41, 5.74) is 4.18. The number of esters is 1. The third-order valence-corrected chi connectivity index (χ3v) is 7.34. The second kappa shape index (κ2) is 9.81. The summed E-state index contributed by atoms with van der Waals surface area (Å²) >= 11 is 7.29. The molecular weight excluding hydrogens is 524 g/mol. The van der Waals surface area contributed by atoms with E-state index < -0.39 is 5.97 Å². The number of benzene rings is 3. The van der Waals surface area contributed by atoms with E-state index in [0.717, 1.165) is 11.1 Å². The number of thiophene rings is 1. The molecule has 1 aliphatic heterocycles. The molecule has 0 aliphatic carbocycles. The number of nitrogens with zero attached hydrogens (tertiary/aromatic N) is 1. The summed E-state index contributed by atoms with van der Waals surface area (Å²) in [6.45, 7) is 0.166. The van der Waals surface area contributed by atoms with E-state index in [0.29, 0.717) is 49.2 Å². The zero-order chi connectivity index (χ0) is 26.2. The largest absolute Gasteiger partial charge is 0.465 e. The highest BCUT2D eigenvalue weighted by Gasteiger charge is 2.24. The Morgan fingerprint density at radius 3 is 2.55 bits per heavy atom. The van der Waals surface area contributed by atoms with Crippen LogP contribution < -0.4 is 14.8 Å². The summed E-state index contributed by atoms with van der Waals surface area (Å²) in [4.78, 5) is 31.3. The lowest BCUT2D eigenvalue weighted by Gasteiger charge is -2.12. The van der Waals surface area contributed by atoms with Gasteiger partial charge in [0.25, 0.3) is 5.91 Å². The summed E-state index contributed by atoms with van der Waals surface area (Å²) in [5, 5.41) is 6.40. The zero-order valence-electron chi connectivity index (χ0n) is 20.0. The zero-order valence-corrected chi connectivity index (χ0v) is 21.6. The Kier molecular flexibility index (Phi) is 6.19. The summed E-state index contributed by atoms with van der Waals surface area (Å²) in [5.74, 6) is 0.365. The van der Waals surface area contributed by atoms with Gasteiger partial charge < -0.3 is 19.5 Å². The van der Waals surface area contributed by atoms with Crippen molar-refractivity contribution in [2.24, 2.45) is 0 Å². The lowest BCUT2D eigenvalue weighted by atomic mass is 10.0. The van der Waals surface area contributed by atoms with Crippen LogP contribution >= 0.6 is 22.9 Å². The summed E-state index contributed by atoms with van der Waals surface area (Å²) in [6.07, 6.45) is 0. The molecule has 0 spiro atoms. The van der Waals surface area contributed by atoms with Crippen molar-refractivity contribution in [2.45, 2.75) is 0 Å². The number of pyridine rings is 1. The van der Waals surface area contributed by atoms with E-state index in [2.05, 4.69) is 5.32 Å². The lowest BCUT2D eigenvalue weighted by Crippen LogP contribution is -2.15. The lowest BCUT2D eigenvalue weighted by molar-refractivity contribution is 0.0603. The van der Waals surface area contributed by atoms with E-state index in [-0.39, 0.29) is 18.3 Å². The first kappa shape index (κ1) is 24.0. The number of ether oxygens (including phenoxy) is 3. The molecule has 0 unspecified atom stereocenters. The van der Waals surface area contributed by atoms with Crippen LogP contribution in [0.5, 0.6) is 11.5 Å². The first-order valence-corrected chi connectivity index (χ1v) is 12.8. The molecule has 0 atom stereocenters. The average molecular weight is 543 g/mol. The highest BCUT2D eigenvalue weighted by Crippen LogP contribution is 2.38. The molecule has 1 amide bonds. The van der Waals surface area contributed by atoms with Crippen LogP contribution in [0.1, 0.15) is 20.7 Å². The van der Waals surface area contributed by atoms with Crippen LogP contribution in [0.15, 0.2) is 78.2 Å². The van der Waals surface area contributed by atoms with E-state index in [9.17, 15) is 9.59 Å². The van der Waals surface area contributed by atoms with Crippen LogP contribution in [0.2, 0.25) is 5.02 Å². The van der Waals surface area contributed by atoms with Gasteiger partial charge in [0.05, 0.1) is 23.9 Å². The molecule has 2 aromatic heterocycles. The van der Waals surface area contributed by atoms with E-state index in [1.807, 2.05) is 60.0 Å². The van der Waals surface area contributed by atoms with Gasteiger partial charge >= 0.3 is 5.97 Å². The van der Waals surface area contributed by atoms with E-state index >= 15 is 0 Å². The molecule has 5 aromatic rings. The van der Waals surface area contributed by atoms with Gasteiger partial charge in [-0.05, 0) is 48.0 Å². The molecule has 0 fully saturated rings. The summed E-state index contributed by atoms with van der Waals surface area (Å²) < 4.78 is 16.0. The van der Waals surface area contributed by atoms with Crippen LogP contribution in [0.3, 0.4) is 0 Å². The molecule has 6 rings (SSSR count). The van der Waals surface area contributed by atoms with Gasteiger partial charge in [-0.2, -0.15) is 0 Å². The number of carbonyl (C=O) groups is 2. The van der Waals surface area contributed by atoms with E-state index in [1.54, 1.807) is 18.2 Å². The Labute approximate surface area is 226 Å². The number of amides is 1. The number of fused-ring (bicyclic) bond motifs is 2. The van der Waals surface area contributed by atoms with Crippen molar-refractivity contribution in [3.8, 4) is 33.9 Å². The molecule has 0 saturated heterocycles. The first-order valence-electron chi connectivity index (χ1n) is 11.6. The normalized spacial score (nSPS) is 11.9. The molecule has 0 bridgehead atoms. The molecule has 0 saturated carbocycles. The second-order valence-corrected chi connectivity index (χ2v) is 9.76. The van der Waals surface area contributed by atoms with E-state index in [4.69, 9.17) is 30.8 Å². The van der Waals surface area contributed by atoms with Gasteiger partial charge in [0.2, 0.25) is 6.79 Å². The van der Waals surface area contributed by atoms with Gasteiger partial charge in [-0.3, -0.25) is 4.79 Å². The molecule has 7 nitrogen and oxygen atoms in total. The number of carbonyl (C=O) groups excluding carboxylic acids is 2. The number of rotatable bonds is 5. The number of methoxy groups -OCH3 is 1. The number of aromatic nitrogens is 1. The number of para-hydroxylation sites is 1. The van der Waals surface area contributed by atoms with Crippen molar-refractivity contribution in [3.05, 3.63) is 94.3 Å². The standard InChI is InChI=1S/C29H19ClN2O5S/c1-35-29(34)26-21(16-6-9-18(30)10-7-16)14-38-28(26)32-27(33)20-13-23(31-22-5-3-2-4-19(20)22)17-8-11-24-25(12-17)37-15-36-24/h2-14H,15H2,1H3,(H,32,33). The van der Waals surface area contributed by atoms with Crippen LogP contribution in [-0.4, -0.2) is 30.8 Å². The smallest absolute Gasteiger partial charge is 0.341 e. The Balaban J connectivity index is 1.41. The predicted octanol–water partition coefficient (Wildman–Crippen LogP) is 7.05. The number of anilines is 1. The maximum Gasteiger partial charge on any atom is 0.341 e. The number of hydrogen-bond acceptors (Lipinski definition) is 7. The summed E-state index contributed by atoms with van der Waals surface area (Å²) in [6, 6.07) is 21.8. The Morgan fingerprint density at radius 1 is 0.974 bits per heavy atom. The number of hydrogen-bond donors (Lipinski definition) is 1.